The molecule has 1 aromatic rings. The van der Waals surface area contributed by atoms with Crippen LogP contribution in [-0.4, -0.2) is 11.7 Å². The van der Waals surface area contributed by atoms with E-state index in [1.807, 2.05) is 31.2 Å². The zero-order chi connectivity index (χ0) is 11.3. The molecule has 0 aromatic heterocycles. The Morgan fingerprint density at radius 1 is 1.40 bits per heavy atom. The van der Waals surface area contributed by atoms with Gasteiger partial charge in [-0.1, -0.05) is 31.2 Å². The highest BCUT2D eigenvalue weighted by atomic mass is 16.2. The lowest BCUT2D eigenvalue weighted by Crippen LogP contribution is -2.25. The average molecular weight is 205 g/mol. The maximum Gasteiger partial charge on any atom is 0.332 e. The second-order valence-corrected chi connectivity index (χ2v) is 3.22. The molecule has 15 heavy (non-hydrogen) atoms. The number of aryl methyl sites for hydroxylation is 1. The molecule has 0 aliphatic heterocycles. The van der Waals surface area contributed by atoms with Crippen LogP contribution in [-0.2, 0) is 6.42 Å². The van der Waals surface area contributed by atoms with E-state index in [9.17, 15) is 4.79 Å². The van der Waals surface area contributed by atoms with Gasteiger partial charge in [0.05, 0.1) is 5.71 Å². The summed E-state index contributed by atoms with van der Waals surface area (Å²) in [7, 11) is 0. The van der Waals surface area contributed by atoms with Crippen LogP contribution >= 0.6 is 0 Å². The largest absolute Gasteiger partial charge is 0.350 e. The van der Waals surface area contributed by atoms with Gasteiger partial charge in [-0.2, -0.15) is 5.10 Å². The van der Waals surface area contributed by atoms with E-state index in [2.05, 4.69) is 17.5 Å². The lowest BCUT2D eigenvalue weighted by molar-refractivity contribution is 0.249. The van der Waals surface area contributed by atoms with Crippen LogP contribution in [0.4, 0.5) is 4.79 Å². The molecular formula is C11H15N3O. The highest BCUT2D eigenvalue weighted by Gasteiger charge is 1.97. The fourth-order valence-electron chi connectivity index (χ4n) is 1.19. The second-order valence-electron chi connectivity index (χ2n) is 3.22. The van der Waals surface area contributed by atoms with Crippen LogP contribution in [0, 0.1) is 0 Å². The minimum Gasteiger partial charge on any atom is -0.350 e. The predicted molar refractivity (Wildman–Crippen MR) is 60.8 cm³/mol. The third-order valence-electron chi connectivity index (χ3n) is 2.11. The molecule has 0 radical (unpaired) electrons. The van der Waals surface area contributed by atoms with Crippen LogP contribution < -0.4 is 11.2 Å². The number of benzene rings is 1. The number of nitrogens with zero attached hydrogens (tertiary/aromatic N) is 1. The number of primary amides is 1. The molecule has 0 saturated heterocycles. The van der Waals surface area contributed by atoms with Crippen molar-refractivity contribution in [3.63, 3.8) is 0 Å². The summed E-state index contributed by atoms with van der Waals surface area (Å²) in [5.74, 6) is 0. The van der Waals surface area contributed by atoms with E-state index in [-0.39, 0.29) is 0 Å². The molecule has 3 N–H and O–H groups in total. The zero-order valence-electron chi connectivity index (χ0n) is 8.95. The number of carbonyl (C=O) groups excluding carboxylic acids is 1. The Balaban J connectivity index is 2.77. The number of hydrogen-bond acceptors (Lipinski definition) is 2. The Morgan fingerprint density at radius 2 is 2.00 bits per heavy atom. The van der Waals surface area contributed by atoms with E-state index in [0.717, 1.165) is 17.7 Å². The van der Waals surface area contributed by atoms with Crippen LogP contribution in [0.3, 0.4) is 0 Å². The van der Waals surface area contributed by atoms with Crippen LogP contribution in [0.1, 0.15) is 25.0 Å². The summed E-state index contributed by atoms with van der Waals surface area (Å²) in [6, 6.07) is 7.37. The molecule has 0 fully saturated rings. The molecule has 0 aliphatic carbocycles. The van der Waals surface area contributed by atoms with Gasteiger partial charge in [0.15, 0.2) is 0 Å². The van der Waals surface area contributed by atoms with Gasteiger partial charge in [-0.25, -0.2) is 10.2 Å². The van der Waals surface area contributed by atoms with Gasteiger partial charge in [-0.3, -0.25) is 0 Å². The van der Waals surface area contributed by atoms with Crippen molar-refractivity contribution in [1.29, 1.82) is 0 Å². The minimum atomic E-state index is -0.653. The number of urea groups is 1. The normalized spacial score (nSPS) is 11.2. The smallest absolute Gasteiger partial charge is 0.332 e. The molecule has 2 amide bonds. The summed E-state index contributed by atoms with van der Waals surface area (Å²) >= 11 is 0. The van der Waals surface area contributed by atoms with Crippen molar-refractivity contribution in [2.75, 3.05) is 0 Å². The molecule has 0 bridgehead atoms. The summed E-state index contributed by atoms with van der Waals surface area (Å²) in [6.45, 7) is 3.92. The van der Waals surface area contributed by atoms with Gasteiger partial charge in [-0.05, 0) is 24.5 Å². The van der Waals surface area contributed by atoms with Crippen LogP contribution in [0.25, 0.3) is 0 Å². The first-order chi connectivity index (χ1) is 7.13. The number of carbonyl (C=O) groups is 1. The number of amides is 2. The molecule has 0 atom stereocenters. The van der Waals surface area contributed by atoms with Crippen LogP contribution in [0.5, 0.6) is 0 Å². The van der Waals surface area contributed by atoms with E-state index in [4.69, 9.17) is 5.73 Å². The van der Waals surface area contributed by atoms with Crippen LogP contribution in [0.15, 0.2) is 29.4 Å². The average Bonchev–Trinajstić information content (AvgIpc) is 2.26. The first-order valence-electron chi connectivity index (χ1n) is 4.82. The molecule has 1 rings (SSSR count). The van der Waals surface area contributed by atoms with E-state index in [0.29, 0.717) is 0 Å². The Bertz CT molecular complexity index is 368. The topological polar surface area (TPSA) is 67.5 Å². The SMILES string of the molecule is CCc1ccc(C(C)=NNC(N)=O)cc1. The molecule has 0 unspecified atom stereocenters. The van der Waals surface area contributed by atoms with Gasteiger partial charge in [-0.15, -0.1) is 0 Å². The van der Waals surface area contributed by atoms with Crippen molar-refractivity contribution in [1.82, 2.24) is 5.43 Å². The quantitative estimate of drug-likeness (QED) is 0.571. The maximum absolute atomic E-state index is 10.4. The molecule has 1 aromatic carbocycles. The Hall–Kier alpha value is -1.84. The maximum atomic E-state index is 10.4. The molecule has 0 saturated carbocycles. The highest BCUT2D eigenvalue weighted by molar-refractivity contribution is 5.99. The Morgan fingerprint density at radius 3 is 2.47 bits per heavy atom. The second kappa shape index (κ2) is 5.14. The fourth-order valence-corrected chi connectivity index (χ4v) is 1.19. The van der Waals surface area contributed by atoms with Crippen molar-refractivity contribution in [2.45, 2.75) is 20.3 Å². The standard InChI is InChI=1S/C11H15N3O/c1-3-9-4-6-10(7-5-9)8(2)13-14-11(12)15/h4-7H,3H2,1-2H3,(H3,12,14,15). The lowest BCUT2D eigenvalue weighted by Gasteiger charge is -2.02. The lowest BCUT2D eigenvalue weighted by atomic mass is 10.1. The van der Waals surface area contributed by atoms with E-state index in [1.165, 1.54) is 5.56 Å². The fraction of sp³-hybridized carbons (Fsp3) is 0.273. The summed E-state index contributed by atoms with van der Waals surface area (Å²) in [4.78, 5) is 10.4. The Labute approximate surface area is 89.2 Å². The van der Waals surface area contributed by atoms with Crippen molar-refractivity contribution in [2.24, 2.45) is 10.8 Å². The van der Waals surface area contributed by atoms with Gasteiger partial charge < -0.3 is 5.73 Å². The number of rotatable bonds is 3. The molecule has 0 heterocycles. The first kappa shape index (κ1) is 11.2. The van der Waals surface area contributed by atoms with Crippen molar-refractivity contribution >= 4 is 11.7 Å². The van der Waals surface area contributed by atoms with Crippen molar-refractivity contribution < 1.29 is 4.79 Å². The molecule has 4 heteroatoms. The summed E-state index contributed by atoms with van der Waals surface area (Å²) in [5, 5.41) is 3.84. The van der Waals surface area contributed by atoms with E-state index in [1.54, 1.807) is 0 Å². The van der Waals surface area contributed by atoms with Crippen LogP contribution in [0.2, 0.25) is 0 Å². The van der Waals surface area contributed by atoms with Crippen molar-refractivity contribution in [3.05, 3.63) is 35.4 Å². The summed E-state index contributed by atoms with van der Waals surface area (Å²) < 4.78 is 0. The third kappa shape index (κ3) is 3.42. The van der Waals surface area contributed by atoms with Gasteiger partial charge >= 0.3 is 6.03 Å². The highest BCUT2D eigenvalue weighted by Crippen LogP contribution is 2.05. The molecule has 80 valence electrons. The predicted octanol–water partition coefficient (Wildman–Crippen LogP) is 1.64. The van der Waals surface area contributed by atoms with E-state index < -0.39 is 6.03 Å². The molecule has 0 spiro atoms. The number of nitrogens with one attached hydrogen (secondary N) is 1. The first-order valence-corrected chi connectivity index (χ1v) is 4.82. The van der Waals surface area contributed by atoms with Gasteiger partial charge in [0.25, 0.3) is 0 Å². The molecule has 0 aliphatic rings. The van der Waals surface area contributed by atoms with Gasteiger partial charge in [0.2, 0.25) is 0 Å². The summed E-state index contributed by atoms with van der Waals surface area (Å²) in [6.07, 6.45) is 1.01. The van der Waals surface area contributed by atoms with Gasteiger partial charge in [0, 0.05) is 0 Å². The number of hydrogen-bond donors (Lipinski definition) is 2. The molecule has 4 nitrogen and oxygen atoms in total. The number of nitrogens with two attached hydrogens (primary N) is 1. The minimum absolute atomic E-state index is 0.653. The zero-order valence-corrected chi connectivity index (χ0v) is 8.95. The van der Waals surface area contributed by atoms with E-state index >= 15 is 0 Å². The number of hydrazone groups is 1. The monoisotopic (exact) mass is 205 g/mol. The third-order valence-corrected chi connectivity index (χ3v) is 2.11. The van der Waals surface area contributed by atoms with Crippen molar-refractivity contribution in [3.8, 4) is 0 Å². The Kier molecular flexibility index (Phi) is 3.85. The summed E-state index contributed by atoms with van der Waals surface area (Å²) in [5.41, 5.74) is 10.1. The van der Waals surface area contributed by atoms with Gasteiger partial charge in [0.1, 0.15) is 0 Å². The molecular weight excluding hydrogens is 190 g/mol.